The lowest BCUT2D eigenvalue weighted by atomic mass is 10.2. The van der Waals surface area contributed by atoms with Crippen LogP contribution >= 0.6 is 0 Å². The summed E-state index contributed by atoms with van der Waals surface area (Å²) in [6.45, 7) is 3.75. The molecule has 0 aliphatic carbocycles. The largest absolute Gasteiger partial charge is 0.355 e. The van der Waals surface area contributed by atoms with Crippen molar-refractivity contribution < 1.29 is 18.0 Å². The predicted octanol–water partition coefficient (Wildman–Crippen LogP) is 1.57. The molecular formula is C16H25N3O4S. The maximum Gasteiger partial charge on any atom is 0.243 e. The Morgan fingerprint density at radius 1 is 1.12 bits per heavy atom. The Morgan fingerprint density at radius 2 is 1.75 bits per heavy atom. The molecule has 1 aromatic rings. The number of hydrogen-bond donors (Lipinski definition) is 2. The van der Waals surface area contributed by atoms with Gasteiger partial charge >= 0.3 is 0 Å². The molecule has 7 nitrogen and oxygen atoms in total. The SMILES string of the molecule is CCCCCNC(=O)CN(C)S(=O)(=O)c1ccc(NC(C)=O)cc1. The van der Waals surface area contributed by atoms with Gasteiger partial charge in [-0.3, -0.25) is 9.59 Å². The molecule has 0 heterocycles. The molecule has 0 saturated heterocycles. The van der Waals surface area contributed by atoms with Gasteiger partial charge in [-0.15, -0.1) is 0 Å². The molecule has 1 rings (SSSR count). The summed E-state index contributed by atoms with van der Waals surface area (Å²) in [4.78, 5) is 22.8. The van der Waals surface area contributed by atoms with E-state index in [1.807, 2.05) is 0 Å². The first-order valence-electron chi connectivity index (χ1n) is 7.88. The number of likely N-dealkylation sites (N-methyl/N-ethyl adjacent to an activating group) is 1. The van der Waals surface area contributed by atoms with E-state index in [1.165, 1.54) is 38.2 Å². The van der Waals surface area contributed by atoms with E-state index in [2.05, 4.69) is 17.6 Å². The van der Waals surface area contributed by atoms with E-state index in [-0.39, 0.29) is 23.3 Å². The number of nitrogens with one attached hydrogen (secondary N) is 2. The van der Waals surface area contributed by atoms with Crippen molar-refractivity contribution in [1.82, 2.24) is 9.62 Å². The minimum Gasteiger partial charge on any atom is -0.355 e. The highest BCUT2D eigenvalue weighted by molar-refractivity contribution is 7.89. The van der Waals surface area contributed by atoms with Gasteiger partial charge in [-0.2, -0.15) is 4.31 Å². The number of carbonyl (C=O) groups excluding carboxylic acids is 2. The van der Waals surface area contributed by atoms with Gasteiger partial charge in [0.2, 0.25) is 21.8 Å². The van der Waals surface area contributed by atoms with Gasteiger partial charge in [0.25, 0.3) is 0 Å². The second-order valence-electron chi connectivity index (χ2n) is 5.52. The van der Waals surface area contributed by atoms with E-state index in [4.69, 9.17) is 0 Å². The third kappa shape index (κ3) is 6.29. The van der Waals surface area contributed by atoms with Gasteiger partial charge in [-0.1, -0.05) is 19.8 Å². The van der Waals surface area contributed by atoms with Crippen molar-refractivity contribution in [3.05, 3.63) is 24.3 Å². The highest BCUT2D eigenvalue weighted by Gasteiger charge is 2.22. The number of hydrogen-bond acceptors (Lipinski definition) is 4. The number of anilines is 1. The first kappa shape index (κ1) is 20.1. The van der Waals surface area contributed by atoms with Crippen LogP contribution in [0.3, 0.4) is 0 Å². The van der Waals surface area contributed by atoms with Crippen LogP contribution in [0.2, 0.25) is 0 Å². The van der Waals surface area contributed by atoms with Gasteiger partial charge in [0.15, 0.2) is 0 Å². The maximum absolute atomic E-state index is 12.4. The van der Waals surface area contributed by atoms with Crippen molar-refractivity contribution >= 4 is 27.5 Å². The van der Waals surface area contributed by atoms with Crippen LogP contribution in [0.25, 0.3) is 0 Å². The quantitative estimate of drug-likeness (QED) is 0.657. The van der Waals surface area contributed by atoms with Crippen LogP contribution in [0.5, 0.6) is 0 Å². The summed E-state index contributed by atoms with van der Waals surface area (Å²) in [7, 11) is -2.39. The molecule has 0 unspecified atom stereocenters. The zero-order valence-corrected chi connectivity index (χ0v) is 15.1. The Morgan fingerprint density at radius 3 is 2.29 bits per heavy atom. The summed E-state index contributed by atoms with van der Waals surface area (Å²) in [5.74, 6) is -0.561. The molecule has 1 aromatic carbocycles. The van der Waals surface area contributed by atoms with E-state index in [0.29, 0.717) is 12.2 Å². The van der Waals surface area contributed by atoms with Crippen LogP contribution in [0.1, 0.15) is 33.1 Å². The molecular weight excluding hydrogens is 330 g/mol. The predicted molar refractivity (Wildman–Crippen MR) is 93.1 cm³/mol. The Balaban J connectivity index is 2.66. The average molecular weight is 355 g/mol. The highest BCUT2D eigenvalue weighted by Crippen LogP contribution is 2.17. The molecule has 0 radical (unpaired) electrons. The summed E-state index contributed by atoms with van der Waals surface area (Å²) in [6.07, 6.45) is 2.96. The van der Waals surface area contributed by atoms with Gasteiger partial charge in [0.1, 0.15) is 0 Å². The molecule has 0 bridgehead atoms. The number of amides is 2. The maximum atomic E-state index is 12.4. The van der Waals surface area contributed by atoms with Crippen LogP contribution in [-0.2, 0) is 19.6 Å². The normalized spacial score (nSPS) is 11.3. The van der Waals surface area contributed by atoms with Crippen molar-refractivity contribution in [1.29, 1.82) is 0 Å². The van der Waals surface area contributed by atoms with Crippen LogP contribution in [-0.4, -0.2) is 44.7 Å². The molecule has 2 amide bonds. The van der Waals surface area contributed by atoms with Crippen molar-refractivity contribution in [3.63, 3.8) is 0 Å². The van der Waals surface area contributed by atoms with Crippen molar-refractivity contribution in [2.75, 3.05) is 25.5 Å². The number of unbranched alkanes of at least 4 members (excludes halogenated alkanes) is 2. The standard InChI is InChI=1S/C16H25N3O4S/c1-4-5-6-11-17-16(21)12-19(3)24(22,23)15-9-7-14(8-10-15)18-13(2)20/h7-10H,4-6,11-12H2,1-3H3,(H,17,21)(H,18,20). The van der Waals surface area contributed by atoms with Crippen LogP contribution in [0, 0.1) is 0 Å². The molecule has 24 heavy (non-hydrogen) atoms. The molecule has 0 aliphatic heterocycles. The average Bonchev–Trinajstić information content (AvgIpc) is 2.51. The lowest BCUT2D eigenvalue weighted by Crippen LogP contribution is -2.38. The lowest BCUT2D eigenvalue weighted by molar-refractivity contribution is -0.121. The first-order valence-corrected chi connectivity index (χ1v) is 9.32. The Labute approximate surface area is 143 Å². The van der Waals surface area contributed by atoms with E-state index in [1.54, 1.807) is 0 Å². The molecule has 0 aliphatic rings. The van der Waals surface area contributed by atoms with Gasteiger partial charge in [-0.25, -0.2) is 8.42 Å². The smallest absolute Gasteiger partial charge is 0.243 e. The summed E-state index contributed by atoms with van der Waals surface area (Å²) < 4.78 is 25.9. The van der Waals surface area contributed by atoms with Gasteiger partial charge in [0, 0.05) is 26.2 Å². The van der Waals surface area contributed by atoms with E-state index in [9.17, 15) is 18.0 Å². The van der Waals surface area contributed by atoms with E-state index >= 15 is 0 Å². The minimum atomic E-state index is -3.75. The van der Waals surface area contributed by atoms with E-state index < -0.39 is 10.0 Å². The Bertz CT molecular complexity index is 656. The number of sulfonamides is 1. The highest BCUT2D eigenvalue weighted by atomic mass is 32.2. The minimum absolute atomic E-state index is 0.0675. The van der Waals surface area contributed by atoms with E-state index in [0.717, 1.165) is 23.6 Å². The zero-order valence-electron chi connectivity index (χ0n) is 14.3. The Kier molecular flexibility index (Phi) is 7.87. The zero-order chi connectivity index (χ0) is 18.2. The molecule has 0 spiro atoms. The molecule has 0 aromatic heterocycles. The van der Waals surface area contributed by atoms with Crippen molar-refractivity contribution in [3.8, 4) is 0 Å². The molecule has 8 heteroatoms. The fourth-order valence-corrected chi connectivity index (χ4v) is 3.17. The number of nitrogens with zero attached hydrogens (tertiary/aromatic N) is 1. The molecule has 0 saturated carbocycles. The van der Waals surface area contributed by atoms with Crippen LogP contribution in [0.15, 0.2) is 29.2 Å². The second-order valence-corrected chi connectivity index (χ2v) is 7.57. The summed E-state index contributed by atoms with van der Waals surface area (Å²) >= 11 is 0. The molecule has 0 fully saturated rings. The summed E-state index contributed by atoms with van der Waals surface area (Å²) in [5.41, 5.74) is 0.512. The second kappa shape index (κ2) is 9.39. The Hall–Kier alpha value is -1.93. The van der Waals surface area contributed by atoms with Gasteiger partial charge in [-0.05, 0) is 30.7 Å². The first-order chi connectivity index (χ1) is 11.3. The van der Waals surface area contributed by atoms with Crippen LogP contribution < -0.4 is 10.6 Å². The molecule has 2 N–H and O–H groups in total. The number of rotatable bonds is 9. The summed E-state index contributed by atoms with van der Waals surface area (Å²) in [5, 5.41) is 5.28. The number of carbonyl (C=O) groups is 2. The van der Waals surface area contributed by atoms with Gasteiger partial charge in [0.05, 0.1) is 11.4 Å². The third-order valence-corrected chi connectivity index (χ3v) is 5.17. The van der Waals surface area contributed by atoms with Crippen molar-refractivity contribution in [2.24, 2.45) is 0 Å². The monoisotopic (exact) mass is 355 g/mol. The van der Waals surface area contributed by atoms with Crippen molar-refractivity contribution in [2.45, 2.75) is 38.0 Å². The lowest BCUT2D eigenvalue weighted by Gasteiger charge is -2.17. The van der Waals surface area contributed by atoms with Crippen LogP contribution in [0.4, 0.5) is 5.69 Å². The third-order valence-electron chi connectivity index (χ3n) is 3.35. The summed E-state index contributed by atoms with van der Waals surface area (Å²) in [6, 6.07) is 5.81. The topological polar surface area (TPSA) is 95.6 Å². The fourth-order valence-electron chi connectivity index (χ4n) is 2.04. The van der Waals surface area contributed by atoms with Gasteiger partial charge < -0.3 is 10.6 Å². The molecule has 134 valence electrons. The molecule has 0 atom stereocenters. The number of benzene rings is 1. The fraction of sp³-hybridized carbons (Fsp3) is 0.500.